The first-order valence-electron chi connectivity index (χ1n) is 8.57. The lowest BCUT2D eigenvalue weighted by atomic mass is 10.2. The highest BCUT2D eigenvalue weighted by molar-refractivity contribution is 9.10. The van der Waals surface area contributed by atoms with Gasteiger partial charge in [-0.2, -0.15) is 0 Å². The summed E-state index contributed by atoms with van der Waals surface area (Å²) in [7, 11) is 0. The van der Waals surface area contributed by atoms with Gasteiger partial charge in [0.15, 0.2) is 0 Å². The summed E-state index contributed by atoms with van der Waals surface area (Å²) < 4.78 is 5.75. The molecule has 7 nitrogen and oxygen atoms in total. The Morgan fingerprint density at radius 1 is 0.929 bits per heavy atom. The Morgan fingerprint density at radius 3 is 2.11 bits per heavy atom. The molecule has 0 aromatic heterocycles. The Bertz CT molecular complexity index is 878. The second kappa shape index (κ2) is 9.36. The van der Waals surface area contributed by atoms with Crippen LogP contribution in [0, 0.1) is 0 Å². The molecule has 148 valence electrons. The molecule has 0 aliphatic rings. The van der Waals surface area contributed by atoms with Gasteiger partial charge in [0.05, 0.1) is 16.9 Å². The van der Waals surface area contributed by atoms with Crippen LogP contribution in [0.4, 0.5) is 16.2 Å². The summed E-state index contributed by atoms with van der Waals surface area (Å²) >= 11 is 3.34. The van der Waals surface area contributed by atoms with E-state index in [-0.39, 0.29) is 12.5 Å². The zero-order chi connectivity index (χ0) is 20.7. The number of para-hydroxylation sites is 2. The van der Waals surface area contributed by atoms with Gasteiger partial charge < -0.3 is 20.7 Å². The van der Waals surface area contributed by atoms with Crippen molar-refractivity contribution in [3.63, 3.8) is 0 Å². The maximum absolute atomic E-state index is 12.5. The molecule has 0 atom stereocenters. The van der Waals surface area contributed by atoms with Crippen molar-refractivity contribution < 1.29 is 19.1 Å². The first kappa shape index (κ1) is 21.4. The molecule has 0 aliphatic heterocycles. The largest absolute Gasteiger partial charge is 0.444 e. The van der Waals surface area contributed by atoms with E-state index < -0.39 is 17.6 Å². The number of carbonyl (C=O) groups excluding carboxylic acids is 3. The molecule has 0 unspecified atom stereocenters. The number of benzene rings is 2. The summed E-state index contributed by atoms with van der Waals surface area (Å²) in [5.74, 6) is -0.769. The van der Waals surface area contributed by atoms with Gasteiger partial charge in [-0.05, 0) is 61.0 Å². The molecule has 3 N–H and O–H groups in total. The van der Waals surface area contributed by atoms with Crippen LogP contribution in [0.1, 0.15) is 31.1 Å². The Balaban J connectivity index is 2.00. The highest BCUT2D eigenvalue weighted by Gasteiger charge is 2.17. The zero-order valence-corrected chi connectivity index (χ0v) is 17.4. The lowest BCUT2D eigenvalue weighted by Crippen LogP contribution is -2.37. The zero-order valence-electron chi connectivity index (χ0n) is 15.8. The number of ether oxygens (including phenoxy) is 1. The van der Waals surface area contributed by atoms with Crippen molar-refractivity contribution in [1.29, 1.82) is 0 Å². The fraction of sp³-hybridized carbons (Fsp3) is 0.250. The topological polar surface area (TPSA) is 96.5 Å². The number of anilines is 2. The summed E-state index contributed by atoms with van der Waals surface area (Å²) in [5.41, 5.74) is 0.673. The quantitative estimate of drug-likeness (QED) is 0.640. The maximum atomic E-state index is 12.5. The smallest absolute Gasteiger partial charge is 0.408 e. The summed E-state index contributed by atoms with van der Waals surface area (Å²) in [4.78, 5) is 36.3. The molecular weight excluding hydrogens is 426 g/mol. The van der Waals surface area contributed by atoms with E-state index in [0.29, 0.717) is 21.4 Å². The number of hydrogen-bond acceptors (Lipinski definition) is 4. The van der Waals surface area contributed by atoms with Crippen molar-refractivity contribution in [1.82, 2.24) is 5.32 Å². The van der Waals surface area contributed by atoms with Crippen LogP contribution in [0.25, 0.3) is 0 Å². The fourth-order valence-corrected chi connectivity index (χ4v) is 2.66. The maximum Gasteiger partial charge on any atom is 0.408 e. The number of amides is 3. The third-order valence-electron chi connectivity index (χ3n) is 3.36. The van der Waals surface area contributed by atoms with Gasteiger partial charge in [-0.3, -0.25) is 9.59 Å². The lowest BCUT2D eigenvalue weighted by Gasteiger charge is -2.19. The van der Waals surface area contributed by atoms with E-state index in [1.165, 1.54) is 0 Å². The van der Waals surface area contributed by atoms with Crippen LogP contribution in [0.3, 0.4) is 0 Å². The molecular formula is C20H22BrN3O4. The van der Waals surface area contributed by atoms with Crippen molar-refractivity contribution in [2.24, 2.45) is 0 Å². The van der Waals surface area contributed by atoms with Gasteiger partial charge >= 0.3 is 6.09 Å². The van der Waals surface area contributed by atoms with Gasteiger partial charge in [-0.25, -0.2) is 4.79 Å². The van der Waals surface area contributed by atoms with Crippen molar-refractivity contribution in [2.75, 3.05) is 17.2 Å². The Morgan fingerprint density at radius 2 is 1.50 bits per heavy atom. The van der Waals surface area contributed by atoms with E-state index >= 15 is 0 Å². The first-order valence-corrected chi connectivity index (χ1v) is 9.36. The second-order valence-corrected chi connectivity index (χ2v) is 7.74. The number of halogens is 1. The van der Waals surface area contributed by atoms with Crippen LogP contribution in [0.15, 0.2) is 53.0 Å². The Kier molecular flexibility index (Phi) is 7.17. The van der Waals surface area contributed by atoms with E-state index in [9.17, 15) is 14.4 Å². The van der Waals surface area contributed by atoms with Crippen molar-refractivity contribution >= 4 is 45.2 Å². The molecule has 0 fully saturated rings. The molecule has 0 saturated carbocycles. The normalized spacial score (nSPS) is 10.7. The fourth-order valence-electron chi connectivity index (χ4n) is 2.20. The standard InChI is InChI=1S/C20H22BrN3O4/c1-20(2,3)28-19(27)22-12-17(25)23-15-10-6-7-11-16(15)24-18(26)13-8-4-5-9-14(13)21/h4-11H,12H2,1-3H3,(H,22,27)(H,23,25)(H,24,26). The van der Waals surface area contributed by atoms with Crippen molar-refractivity contribution in [3.05, 3.63) is 58.6 Å². The molecule has 28 heavy (non-hydrogen) atoms. The number of alkyl carbamates (subject to hydrolysis) is 1. The Labute approximate surface area is 172 Å². The summed E-state index contributed by atoms with van der Waals surface area (Å²) in [5, 5.41) is 7.82. The van der Waals surface area contributed by atoms with E-state index in [1.807, 2.05) is 6.07 Å². The molecule has 2 aromatic rings. The molecule has 0 radical (unpaired) electrons. The minimum absolute atomic E-state index is 0.262. The van der Waals surface area contributed by atoms with Gasteiger partial charge in [0, 0.05) is 4.47 Å². The monoisotopic (exact) mass is 447 g/mol. The highest BCUT2D eigenvalue weighted by Crippen LogP contribution is 2.23. The number of hydrogen-bond donors (Lipinski definition) is 3. The molecule has 0 bridgehead atoms. The first-order chi connectivity index (χ1) is 13.2. The van der Waals surface area contributed by atoms with Crippen LogP contribution >= 0.6 is 15.9 Å². The van der Waals surface area contributed by atoms with Gasteiger partial charge in [0.1, 0.15) is 12.1 Å². The average Bonchev–Trinajstić information content (AvgIpc) is 2.60. The minimum atomic E-state index is -0.682. The molecule has 0 spiro atoms. The predicted octanol–water partition coefficient (Wildman–Crippen LogP) is 4.16. The van der Waals surface area contributed by atoms with Crippen molar-refractivity contribution in [3.8, 4) is 0 Å². The van der Waals surface area contributed by atoms with Crippen LogP contribution in [-0.4, -0.2) is 30.1 Å². The molecule has 2 aromatic carbocycles. The minimum Gasteiger partial charge on any atom is -0.444 e. The third-order valence-corrected chi connectivity index (χ3v) is 4.05. The van der Waals surface area contributed by atoms with Gasteiger partial charge in [0.2, 0.25) is 5.91 Å². The van der Waals surface area contributed by atoms with Crippen LogP contribution in [0.2, 0.25) is 0 Å². The Hall–Kier alpha value is -2.87. The third kappa shape index (κ3) is 6.70. The van der Waals surface area contributed by atoms with Crippen LogP contribution in [0.5, 0.6) is 0 Å². The van der Waals surface area contributed by atoms with Gasteiger partial charge in [-0.15, -0.1) is 0 Å². The van der Waals surface area contributed by atoms with Crippen molar-refractivity contribution in [2.45, 2.75) is 26.4 Å². The summed E-state index contributed by atoms with van der Waals surface area (Å²) in [6.45, 7) is 4.94. The van der Waals surface area contributed by atoms with E-state index in [2.05, 4.69) is 31.9 Å². The molecule has 3 amide bonds. The summed E-state index contributed by atoms with van der Waals surface area (Å²) in [6, 6.07) is 13.8. The SMILES string of the molecule is CC(C)(C)OC(=O)NCC(=O)Nc1ccccc1NC(=O)c1ccccc1Br. The number of rotatable bonds is 5. The highest BCUT2D eigenvalue weighted by atomic mass is 79.9. The second-order valence-electron chi connectivity index (χ2n) is 6.88. The number of carbonyl (C=O) groups is 3. The molecule has 2 rings (SSSR count). The van der Waals surface area contributed by atoms with E-state index in [1.54, 1.807) is 63.2 Å². The molecule has 0 aliphatic carbocycles. The molecule has 0 heterocycles. The van der Waals surface area contributed by atoms with Crippen LogP contribution in [-0.2, 0) is 9.53 Å². The van der Waals surface area contributed by atoms with Crippen LogP contribution < -0.4 is 16.0 Å². The van der Waals surface area contributed by atoms with Gasteiger partial charge in [0.25, 0.3) is 5.91 Å². The molecule has 0 saturated heterocycles. The lowest BCUT2D eigenvalue weighted by molar-refractivity contribution is -0.115. The van der Waals surface area contributed by atoms with Gasteiger partial charge in [-0.1, -0.05) is 24.3 Å². The van der Waals surface area contributed by atoms with E-state index in [0.717, 1.165) is 0 Å². The number of nitrogens with one attached hydrogen (secondary N) is 3. The average molecular weight is 448 g/mol. The molecule has 8 heteroatoms. The van der Waals surface area contributed by atoms with E-state index in [4.69, 9.17) is 4.74 Å². The predicted molar refractivity (Wildman–Crippen MR) is 111 cm³/mol. The summed E-state index contributed by atoms with van der Waals surface area (Å²) in [6.07, 6.45) is -0.682.